The van der Waals surface area contributed by atoms with Crippen molar-refractivity contribution in [1.29, 1.82) is 5.26 Å². The van der Waals surface area contributed by atoms with Crippen LogP contribution in [0.25, 0.3) is 5.57 Å². The first-order valence-corrected chi connectivity index (χ1v) is 7.50. The van der Waals surface area contributed by atoms with Crippen molar-refractivity contribution in [2.75, 3.05) is 4.90 Å². The van der Waals surface area contributed by atoms with E-state index < -0.39 is 11.8 Å². The molecule has 0 unspecified atom stereocenters. The standard InChI is InChI=1S/C18H12ClN3O2/c19-12-7-5-11(6-8-12)10-22-15-4-2-1-3-13(15)16(18(22)24)14(9-20)17(21)23/h1-8H,10H2,(H2,21,23)/b16-14+. The predicted octanol–water partition coefficient (Wildman–Crippen LogP) is 2.65. The molecule has 0 bridgehead atoms. The lowest BCUT2D eigenvalue weighted by atomic mass is 10.0. The lowest BCUT2D eigenvalue weighted by Crippen LogP contribution is -2.27. The number of benzene rings is 2. The molecule has 2 amide bonds. The normalized spacial score (nSPS) is 15.0. The second-order valence-corrected chi connectivity index (χ2v) is 5.70. The van der Waals surface area contributed by atoms with Crippen molar-refractivity contribution >= 4 is 34.7 Å². The van der Waals surface area contributed by atoms with Crippen molar-refractivity contribution in [2.24, 2.45) is 5.73 Å². The molecule has 3 rings (SSSR count). The van der Waals surface area contributed by atoms with E-state index in [2.05, 4.69) is 0 Å². The molecule has 0 spiro atoms. The Morgan fingerprint density at radius 3 is 2.46 bits per heavy atom. The molecule has 2 aromatic rings. The lowest BCUT2D eigenvalue weighted by molar-refractivity contribution is -0.115. The van der Waals surface area contributed by atoms with E-state index in [1.54, 1.807) is 42.5 Å². The SMILES string of the molecule is N#C/C(C(N)=O)=C1\C(=O)N(Cc2ccc(Cl)cc2)c2ccccc21. The minimum atomic E-state index is -0.913. The zero-order valence-corrected chi connectivity index (χ0v) is 13.2. The highest BCUT2D eigenvalue weighted by Gasteiger charge is 2.35. The van der Waals surface area contributed by atoms with Gasteiger partial charge in [0.15, 0.2) is 0 Å². The summed E-state index contributed by atoms with van der Waals surface area (Å²) in [6.07, 6.45) is 0. The van der Waals surface area contributed by atoms with E-state index in [4.69, 9.17) is 17.3 Å². The first kappa shape index (κ1) is 15.8. The van der Waals surface area contributed by atoms with Gasteiger partial charge in [0, 0.05) is 10.6 Å². The number of primary amides is 1. The molecule has 1 aliphatic heterocycles. The van der Waals surface area contributed by atoms with Crippen molar-refractivity contribution in [3.63, 3.8) is 0 Å². The van der Waals surface area contributed by atoms with E-state index in [0.29, 0.717) is 22.8 Å². The highest BCUT2D eigenvalue weighted by molar-refractivity contribution is 6.36. The highest BCUT2D eigenvalue weighted by atomic mass is 35.5. The van der Waals surface area contributed by atoms with E-state index in [1.165, 1.54) is 4.90 Å². The molecule has 1 aliphatic rings. The molecule has 5 nitrogen and oxygen atoms in total. The number of hydrogen-bond acceptors (Lipinski definition) is 3. The van der Waals surface area contributed by atoms with E-state index >= 15 is 0 Å². The summed E-state index contributed by atoms with van der Waals surface area (Å²) in [5.41, 5.74) is 7.03. The van der Waals surface area contributed by atoms with Crippen LogP contribution in [0.4, 0.5) is 5.69 Å². The molecule has 0 aliphatic carbocycles. The molecule has 0 atom stereocenters. The van der Waals surface area contributed by atoms with E-state index in [1.807, 2.05) is 12.1 Å². The summed E-state index contributed by atoms with van der Waals surface area (Å²) in [5, 5.41) is 9.82. The van der Waals surface area contributed by atoms with Gasteiger partial charge in [-0.2, -0.15) is 5.26 Å². The monoisotopic (exact) mass is 337 g/mol. The van der Waals surface area contributed by atoms with Gasteiger partial charge in [0.1, 0.15) is 11.6 Å². The fourth-order valence-corrected chi connectivity index (χ4v) is 2.81. The molecule has 0 saturated heterocycles. The van der Waals surface area contributed by atoms with Gasteiger partial charge in [-0.05, 0) is 23.8 Å². The average Bonchev–Trinajstić information content (AvgIpc) is 2.83. The Bertz CT molecular complexity index is 911. The van der Waals surface area contributed by atoms with Crippen LogP contribution in [-0.2, 0) is 16.1 Å². The van der Waals surface area contributed by atoms with Gasteiger partial charge in [-0.25, -0.2) is 0 Å². The van der Waals surface area contributed by atoms with Crippen molar-refractivity contribution in [3.8, 4) is 6.07 Å². The number of hydrogen-bond donors (Lipinski definition) is 1. The number of fused-ring (bicyclic) bond motifs is 1. The Labute approximate surface area is 143 Å². The Hall–Kier alpha value is -3.10. The molecule has 0 radical (unpaired) electrons. The summed E-state index contributed by atoms with van der Waals surface area (Å²) in [4.78, 5) is 25.9. The van der Waals surface area contributed by atoms with Crippen LogP contribution in [0.5, 0.6) is 0 Å². The molecular weight excluding hydrogens is 326 g/mol. The Morgan fingerprint density at radius 1 is 1.17 bits per heavy atom. The van der Waals surface area contributed by atoms with Gasteiger partial charge in [-0.1, -0.05) is 41.9 Å². The summed E-state index contributed by atoms with van der Waals surface area (Å²) in [6, 6.07) is 15.9. The molecule has 118 valence electrons. The zero-order valence-electron chi connectivity index (χ0n) is 12.5. The topological polar surface area (TPSA) is 87.2 Å². The third-order valence-electron chi connectivity index (χ3n) is 3.79. The van der Waals surface area contributed by atoms with Crippen molar-refractivity contribution in [2.45, 2.75) is 6.54 Å². The molecule has 1 heterocycles. The van der Waals surface area contributed by atoms with Crippen LogP contribution in [0.2, 0.25) is 5.02 Å². The minimum absolute atomic E-state index is 0.0505. The highest BCUT2D eigenvalue weighted by Crippen LogP contribution is 2.39. The second kappa shape index (κ2) is 6.19. The number of carbonyl (C=O) groups excluding carboxylic acids is 2. The average molecular weight is 338 g/mol. The molecule has 24 heavy (non-hydrogen) atoms. The van der Waals surface area contributed by atoms with Crippen LogP contribution in [0.1, 0.15) is 11.1 Å². The number of para-hydroxylation sites is 1. The van der Waals surface area contributed by atoms with Crippen molar-refractivity contribution < 1.29 is 9.59 Å². The number of carbonyl (C=O) groups is 2. The van der Waals surface area contributed by atoms with Gasteiger partial charge < -0.3 is 10.6 Å². The van der Waals surface area contributed by atoms with E-state index in [-0.39, 0.29) is 11.1 Å². The van der Waals surface area contributed by atoms with Crippen LogP contribution < -0.4 is 10.6 Å². The number of nitrogens with zero attached hydrogens (tertiary/aromatic N) is 2. The molecule has 6 heteroatoms. The summed E-state index contributed by atoms with van der Waals surface area (Å²) in [5.74, 6) is -1.33. The Morgan fingerprint density at radius 2 is 1.83 bits per heavy atom. The number of nitriles is 1. The first-order valence-electron chi connectivity index (χ1n) is 7.13. The van der Waals surface area contributed by atoms with Gasteiger partial charge in [0.2, 0.25) is 0 Å². The van der Waals surface area contributed by atoms with Gasteiger partial charge in [-0.3, -0.25) is 9.59 Å². The minimum Gasteiger partial charge on any atom is -0.365 e. The maximum absolute atomic E-state index is 12.8. The summed E-state index contributed by atoms with van der Waals surface area (Å²) >= 11 is 5.88. The van der Waals surface area contributed by atoms with Crippen LogP contribution in [0.15, 0.2) is 54.1 Å². The van der Waals surface area contributed by atoms with Crippen molar-refractivity contribution in [1.82, 2.24) is 0 Å². The predicted molar refractivity (Wildman–Crippen MR) is 90.8 cm³/mol. The van der Waals surface area contributed by atoms with Gasteiger partial charge in [0.05, 0.1) is 17.8 Å². The molecule has 0 fully saturated rings. The van der Waals surface area contributed by atoms with Crippen LogP contribution in [0, 0.1) is 11.3 Å². The van der Waals surface area contributed by atoms with E-state index in [9.17, 15) is 14.9 Å². The largest absolute Gasteiger partial charge is 0.365 e. The number of nitrogens with two attached hydrogens (primary N) is 1. The van der Waals surface area contributed by atoms with Gasteiger partial charge in [-0.15, -0.1) is 0 Å². The molecule has 2 N–H and O–H groups in total. The maximum atomic E-state index is 12.8. The van der Waals surface area contributed by atoms with Crippen LogP contribution in [-0.4, -0.2) is 11.8 Å². The fourth-order valence-electron chi connectivity index (χ4n) is 2.69. The summed E-state index contributed by atoms with van der Waals surface area (Å²) in [7, 11) is 0. The van der Waals surface area contributed by atoms with Gasteiger partial charge in [0.25, 0.3) is 11.8 Å². The quantitative estimate of drug-likeness (QED) is 0.690. The smallest absolute Gasteiger partial charge is 0.260 e. The molecule has 0 saturated carbocycles. The van der Waals surface area contributed by atoms with Crippen LogP contribution in [0.3, 0.4) is 0 Å². The number of rotatable bonds is 3. The first-order chi connectivity index (χ1) is 11.5. The molecule has 0 aromatic heterocycles. The Kier molecular flexibility index (Phi) is 4.07. The zero-order chi connectivity index (χ0) is 17.3. The third-order valence-corrected chi connectivity index (χ3v) is 4.04. The summed E-state index contributed by atoms with van der Waals surface area (Å²) in [6.45, 7) is 0.300. The lowest BCUT2D eigenvalue weighted by Gasteiger charge is -2.17. The third kappa shape index (κ3) is 2.64. The molecular formula is C18H12ClN3O2. The second-order valence-electron chi connectivity index (χ2n) is 5.26. The maximum Gasteiger partial charge on any atom is 0.260 e. The fraction of sp³-hybridized carbons (Fsp3) is 0.0556. The molecule has 2 aromatic carbocycles. The van der Waals surface area contributed by atoms with Crippen molar-refractivity contribution in [3.05, 3.63) is 70.3 Å². The number of amides is 2. The number of anilines is 1. The van der Waals surface area contributed by atoms with Crippen LogP contribution >= 0.6 is 11.6 Å². The number of halogens is 1. The van der Waals surface area contributed by atoms with Gasteiger partial charge >= 0.3 is 0 Å². The van der Waals surface area contributed by atoms with E-state index in [0.717, 1.165) is 5.56 Å². The Balaban J connectivity index is 2.10. The summed E-state index contributed by atoms with van der Waals surface area (Å²) < 4.78 is 0.